The van der Waals surface area contributed by atoms with Gasteiger partial charge in [0.25, 0.3) is 0 Å². The molecule has 0 radical (unpaired) electrons. The maximum absolute atomic E-state index is 12.1. The number of hydrogen-bond acceptors (Lipinski definition) is 6. The van der Waals surface area contributed by atoms with Gasteiger partial charge in [0.05, 0.1) is 6.54 Å². The van der Waals surface area contributed by atoms with Gasteiger partial charge in [0.15, 0.2) is 0 Å². The Morgan fingerprint density at radius 3 is 2.72 bits per heavy atom. The van der Waals surface area contributed by atoms with Crippen LogP contribution in [0.5, 0.6) is 0 Å². The summed E-state index contributed by atoms with van der Waals surface area (Å²) in [4.78, 5) is 26.9. The van der Waals surface area contributed by atoms with Crippen LogP contribution in [0, 0.1) is 0 Å². The Morgan fingerprint density at radius 2 is 2.04 bits per heavy atom. The summed E-state index contributed by atoms with van der Waals surface area (Å²) < 4.78 is 5.37. The molecule has 25 heavy (non-hydrogen) atoms. The molecule has 4 rings (SSSR count). The highest BCUT2D eigenvalue weighted by molar-refractivity contribution is 5.76. The normalized spacial score (nSPS) is 19.8. The van der Waals surface area contributed by atoms with Gasteiger partial charge < -0.3 is 14.3 Å². The maximum Gasteiger partial charge on any atom is 0.320 e. The van der Waals surface area contributed by atoms with Crippen LogP contribution in [0.3, 0.4) is 0 Å². The summed E-state index contributed by atoms with van der Waals surface area (Å²) in [6, 6.07) is 6.14. The number of carbonyl (C=O) groups is 1. The van der Waals surface area contributed by atoms with Crippen molar-refractivity contribution in [3.05, 3.63) is 30.3 Å². The number of pyridine rings is 1. The molecule has 2 aliphatic rings. The molecule has 2 aliphatic heterocycles. The van der Waals surface area contributed by atoms with Crippen molar-refractivity contribution in [3.63, 3.8) is 0 Å². The van der Waals surface area contributed by atoms with Gasteiger partial charge in [0.2, 0.25) is 11.7 Å². The summed E-state index contributed by atoms with van der Waals surface area (Å²) in [6.45, 7) is 4.17. The second kappa shape index (κ2) is 6.79. The number of aromatic nitrogens is 3. The van der Waals surface area contributed by atoms with Gasteiger partial charge in [0, 0.05) is 45.5 Å². The van der Waals surface area contributed by atoms with E-state index in [1.54, 1.807) is 11.1 Å². The number of amides is 2. The molecule has 2 fully saturated rings. The molecule has 8 heteroatoms. The van der Waals surface area contributed by atoms with Gasteiger partial charge in [-0.25, -0.2) is 4.79 Å². The lowest BCUT2D eigenvalue weighted by atomic mass is 10.0. The van der Waals surface area contributed by atoms with Crippen molar-refractivity contribution in [2.45, 2.75) is 25.4 Å². The average molecular weight is 342 g/mol. The molecular weight excluding hydrogens is 320 g/mol. The number of hydrogen-bond donors (Lipinski definition) is 0. The maximum atomic E-state index is 12.1. The fourth-order valence-corrected chi connectivity index (χ4v) is 3.51. The number of carbonyl (C=O) groups excluding carboxylic acids is 1. The van der Waals surface area contributed by atoms with Crippen LogP contribution in [0.25, 0.3) is 11.5 Å². The Kier molecular flexibility index (Phi) is 4.35. The fourth-order valence-electron chi connectivity index (χ4n) is 3.51. The third-order valence-corrected chi connectivity index (χ3v) is 4.97. The molecule has 0 unspecified atom stereocenters. The molecule has 2 amide bonds. The van der Waals surface area contributed by atoms with Gasteiger partial charge in [-0.2, -0.15) is 4.98 Å². The van der Waals surface area contributed by atoms with Crippen LogP contribution in [0.1, 0.15) is 18.7 Å². The van der Waals surface area contributed by atoms with E-state index in [1.165, 1.54) is 0 Å². The fraction of sp³-hybridized carbons (Fsp3) is 0.529. The first-order chi connectivity index (χ1) is 12.2. The van der Waals surface area contributed by atoms with Crippen LogP contribution < -0.4 is 0 Å². The zero-order valence-electron chi connectivity index (χ0n) is 14.3. The molecule has 0 bridgehead atoms. The topological polar surface area (TPSA) is 78.6 Å². The number of rotatable bonds is 4. The van der Waals surface area contributed by atoms with E-state index in [9.17, 15) is 4.79 Å². The van der Waals surface area contributed by atoms with E-state index >= 15 is 0 Å². The third-order valence-electron chi connectivity index (χ3n) is 4.97. The Balaban J connectivity index is 1.32. The van der Waals surface area contributed by atoms with Gasteiger partial charge in [-0.15, -0.1) is 0 Å². The van der Waals surface area contributed by atoms with E-state index in [4.69, 9.17) is 4.52 Å². The second-order valence-electron chi connectivity index (χ2n) is 6.63. The quantitative estimate of drug-likeness (QED) is 0.837. The Morgan fingerprint density at radius 1 is 1.20 bits per heavy atom. The van der Waals surface area contributed by atoms with Crippen molar-refractivity contribution in [3.8, 4) is 11.5 Å². The Hall–Kier alpha value is -2.48. The average Bonchev–Trinajstić information content (AvgIpc) is 3.24. The molecule has 4 heterocycles. The van der Waals surface area contributed by atoms with Crippen LogP contribution in [0.15, 0.2) is 28.9 Å². The van der Waals surface area contributed by atoms with Crippen LogP contribution in [0.2, 0.25) is 0 Å². The Bertz CT molecular complexity index is 726. The zero-order chi connectivity index (χ0) is 17.2. The molecule has 0 saturated carbocycles. The van der Waals surface area contributed by atoms with Gasteiger partial charge >= 0.3 is 6.03 Å². The van der Waals surface area contributed by atoms with Crippen molar-refractivity contribution >= 4 is 6.03 Å². The minimum absolute atomic E-state index is 0.162. The molecule has 2 aromatic heterocycles. The van der Waals surface area contributed by atoms with E-state index in [0.29, 0.717) is 30.0 Å². The summed E-state index contributed by atoms with van der Waals surface area (Å²) in [5.41, 5.74) is 0.716. The summed E-state index contributed by atoms with van der Waals surface area (Å²) >= 11 is 0. The van der Waals surface area contributed by atoms with Gasteiger partial charge in [0.1, 0.15) is 5.69 Å². The lowest BCUT2D eigenvalue weighted by molar-refractivity contribution is 0.120. The minimum Gasteiger partial charge on any atom is -0.337 e. The number of likely N-dealkylation sites (tertiary alicyclic amines) is 1. The summed E-state index contributed by atoms with van der Waals surface area (Å²) in [7, 11) is 1.87. The number of nitrogens with zero attached hydrogens (tertiary/aromatic N) is 6. The van der Waals surface area contributed by atoms with Gasteiger partial charge in [-0.1, -0.05) is 11.2 Å². The summed E-state index contributed by atoms with van der Waals surface area (Å²) in [5, 5.41) is 4.01. The van der Waals surface area contributed by atoms with E-state index in [0.717, 1.165) is 39.0 Å². The first-order valence-electron chi connectivity index (χ1n) is 8.69. The predicted octanol–water partition coefficient (Wildman–Crippen LogP) is 1.46. The smallest absolute Gasteiger partial charge is 0.320 e. The van der Waals surface area contributed by atoms with Crippen LogP contribution in [0.4, 0.5) is 4.79 Å². The van der Waals surface area contributed by atoms with Crippen molar-refractivity contribution in [1.29, 1.82) is 0 Å². The van der Waals surface area contributed by atoms with Crippen LogP contribution >= 0.6 is 0 Å². The first-order valence-corrected chi connectivity index (χ1v) is 8.69. The molecule has 2 saturated heterocycles. The van der Waals surface area contributed by atoms with Crippen molar-refractivity contribution in [2.24, 2.45) is 0 Å². The highest BCUT2D eigenvalue weighted by atomic mass is 16.5. The predicted molar refractivity (Wildman–Crippen MR) is 90.6 cm³/mol. The molecule has 0 atom stereocenters. The van der Waals surface area contributed by atoms with E-state index < -0.39 is 0 Å². The zero-order valence-corrected chi connectivity index (χ0v) is 14.3. The van der Waals surface area contributed by atoms with E-state index in [-0.39, 0.29) is 6.03 Å². The monoisotopic (exact) mass is 342 g/mol. The molecule has 132 valence electrons. The SMILES string of the molecule is CN1CCN(C2CCN(Cc3nc(-c4ccccn4)no3)CC2)C1=O. The van der Waals surface area contributed by atoms with Gasteiger partial charge in [-0.3, -0.25) is 9.88 Å². The molecule has 0 aromatic carbocycles. The second-order valence-corrected chi connectivity index (χ2v) is 6.63. The number of urea groups is 1. The third kappa shape index (κ3) is 3.34. The Labute approximate surface area is 146 Å². The summed E-state index contributed by atoms with van der Waals surface area (Å²) in [5.74, 6) is 1.13. The summed E-state index contributed by atoms with van der Waals surface area (Å²) in [6.07, 6.45) is 3.69. The minimum atomic E-state index is 0.162. The van der Waals surface area contributed by atoms with E-state index in [2.05, 4.69) is 20.0 Å². The van der Waals surface area contributed by atoms with Crippen LogP contribution in [-0.4, -0.2) is 75.1 Å². The molecule has 0 spiro atoms. The molecule has 0 aliphatic carbocycles. The van der Waals surface area contributed by atoms with E-state index in [1.807, 2.05) is 30.1 Å². The number of likely N-dealkylation sites (N-methyl/N-ethyl adjacent to an activating group) is 1. The lowest BCUT2D eigenvalue weighted by Crippen LogP contribution is -2.46. The first kappa shape index (κ1) is 16.0. The van der Waals surface area contributed by atoms with Crippen molar-refractivity contribution in [2.75, 3.05) is 33.2 Å². The molecule has 0 N–H and O–H groups in total. The highest BCUT2D eigenvalue weighted by Gasteiger charge is 2.33. The standard InChI is InChI=1S/C17H22N6O2/c1-21-10-11-23(17(21)24)13-5-8-22(9-6-13)12-15-19-16(20-25-15)14-4-2-3-7-18-14/h2-4,7,13H,5-6,8-12H2,1H3. The van der Waals surface area contributed by atoms with Crippen LogP contribution in [-0.2, 0) is 6.54 Å². The molecule has 2 aromatic rings. The highest BCUT2D eigenvalue weighted by Crippen LogP contribution is 2.22. The van der Waals surface area contributed by atoms with Crippen molar-refractivity contribution in [1.82, 2.24) is 29.8 Å². The largest absolute Gasteiger partial charge is 0.337 e. The lowest BCUT2D eigenvalue weighted by Gasteiger charge is -2.35. The number of piperidine rings is 1. The van der Waals surface area contributed by atoms with Crippen molar-refractivity contribution < 1.29 is 9.32 Å². The molecule has 8 nitrogen and oxygen atoms in total. The van der Waals surface area contributed by atoms with Gasteiger partial charge in [-0.05, 0) is 25.0 Å². The molecular formula is C17H22N6O2.